The lowest BCUT2D eigenvalue weighted by Gasteiger charge is -2.11. The van der Waals surface area contributed by atoms with Gasteiger partial charge in [0.25, 0.3) is 0 Å². The fourth-order valence-electron chi connectivity index (χ4n) is 2.46. The van der Waals surface area contributed by atoms with Gasteiger partial charge in [-0.15, -0.1) is 0 Å². The average molecular weight is 266 g/mol. The Kier molecular flexibility index (Phi) is 3.79. The van der Waals surface area contributed by atoms with E-state index in [1.54, 1.807) is 12.5 Å². The number of aryl methyl sites for hydroxylation is 1. The van der Waals surface area contributed by atoms with E-state index in [-0.39, 0.29) is 6.10 Å². The molecule has 0 aliphatic heterocycles. The van der Waals surface area contributed by atoms with E-state index >= 15 is 0 Å². The van der Waals surface area contributed by atoms with Crippen molar-refractivity contribution in [3.8, 4) is 0 Å². The number of hydrogen-bond acceptors (Lipinski definition) is 2. The summed E-state index contributed by atoms with van der Waals surface area (Å²) in [5, 5.41) is 12.6. The highest BCUT2D eigenvalue weighted by atomic mass is 16.3. The summed E-state index contributed by atoms with van der Waals surface area (Å²) in [6, 6.07) is 14.9. The summed E-state index contributed by atoms with van der Waals surface area (Å²) in [6.45, 7) is 0.605. The minimum Gasteiger partial charge on any atom is -0.391 e. The van der Waals surface area contributed by atoms with E-state index in [1.165, 1.54) is 16.3 Å². The van der Waals surface area contributed by atoms with Crippen molar-refractivity contribution in [3.05, 3.63) is 66.7 Å². The van der Waals surface area contributed by atoms with Crippen LogP contribution in [-0.4, -0.2) is 20.8 Å². The SMILES string of the molecule is OC(CCc1ccc2ccccc2c1)Cn1ccnc1. The fraction of sp³-hybridized carbons (Fsp3) is 0.235. The highest BCUT2D eigenvalue weighted by molar-refractivity contribution is 5.82. The van der Waals surface area contributed by atoms with Crippen LogP contribution < -0.4 is 0 Å². The first-order valence-corrected chi connectivity index (χ1v) is 6.93. The molecule has 3 aromatic rings. The number of benzene rings is 2. The van der Waals surface area contributed by atoms with Crippen molar-refractivity contribution in [2.24, 2.45) is 0 Å². The van der Waals surface area contributed by atoms with Gasteiger partial charge < -0.3 is 9.67 Å². The molecule has 3 heteroatoms. The lowest BCUT2D eigenvalue weighted by molar-refractivity contribution is 0.144. The maximum atomic E-state index is 10.0. The number of aliphatic hydroxyl groups is 1. The maximum absolute atomic E-state index is 10.0. The molecule has 1 unspecified atom stereocenters. The van der Waals surface area contributed by atoms with Crippen molar-refractivity contribution >= 4 is 10.8 Å². The maximum Gasteiger partial charge on any atom is 0.0946 e. The van der Waals surface area contributed by atoms with Gasteiger partial charge in [0.1, 0.15) is 0 Å². The van der Waals surface area contributed by atoms with E-state index < -0.39 is 0 Å². The Hall–Kier alpha value is -2.13. The average Bonchev–Trinajstić information content (AvgIpc) is 2.98. The third-order valence-electron chi connectivity index (χ3n) is 3.56. The smallest absolute Gasteiger partial charge is 0.0946 e. The van der Waals surface area contributed by atoms with Gasteiger partial charge >= 0.3 is 0 Å². The predicted molar refractivity (Wildman–Crippen MR) is 80.5 cm³/mol. The van der Waals surface area contributed by atoms with Crippen LogP contribution in [0.15, 0.2) is 61.2 Å². The van der Waals surface area contributed by atoms with Crippen molar-refractivity contribution in [1.29, 1.82) is 0 Å². The van der Waals surface area contributed by atoms with Gasteiger partial charge in [0.15, 0.2) is 0 Å². The molecule has 3 rings (SSSR count). The molecule has 3 nitrogen and oxygen atoms in total. The normalized spacial score (nSPS) is 12.7. The summed E-state index contributed by atoms with van der Waals surface area (Å²) in [4.78, 5) is 3.98. The third-order valence-corrected chi connectivity index (χ3v) is 3.56. The van der Waals surface area contributed by atoms with E-state index in [0.717, 1.165) is 12.8 Å². The van der Waals surface area contributed by atoms with Gasteiger partial charge in [-0.05, 0) is 29.2 Å². The van der Waals surface area contributed by atoms with Crippen molar-refractivity contribution in [2.75, 3.05) is 0 Å². The van der Waals surface area contributed by atoms with Crippen molar-refractivity contribution < 1.29 is 5.11 Å². The Morgan fingerprint density at radius 1 is 1.10 bits per heavy atom. The molecule has 0 radical (unpaired) electrons. The van der Waals surface area contributed by atoms with Crippen molar-refractivity contribution in [1.82, 2.24) is 9.55 Å². The van der Waals surface area contributed by atoms with Gasteiger partial charge in [0.05, 0.1) is 12.4 Å². The molecule has 0 bridgehead atoms. The van der Waals surface area contributed by atoms with E-state index in [2.05, 4.69) is 47.4 Å². The lowest BCUT2D eigenvalue weighted by atomic mass is 10.0. The lowest BCUT2D eigenvalue weighted by Crippen LogP contribution is -2.15. The van der Waals surface area contributed by atoms with Crippen LogP contribution in [0.1, 0.15) is 12.0 Å². The molecule has 0 spiro atoms. The third kappa shape index (κ3) is 3.06. The van der Waals surface area contributed by atoms with Crippen LogP contribution in [0.25, 0.3) is 10.8 Å². The molecule has 0 amide bonds. The van der Waals surface area contributed by atoms with Crippen molar-refractivity contribution in [2.45, 2.75) is 25.5 Å². The van der Waals surface area contributed by atoms with Crippen LogP contribution in [0.2, 0.25) is 0 Å². The van der Waals surface area contributed by atoms with Gasteiger partial charge in [0, 0.05) is 18.9 Å². The Balaban J connectivity index is 1.61. The zero-order valence-electron chi connectivity index (χ0n) is 11.3. The number of aromatic nitrogens is 2. The molecule has 0 fully saturated rings. The largest absolute Gasteiger partial charge is 0.391 e. The Labute approximate surface area is 118 Å². The first kappa shape index (κ1) is 12.9. The number of nitrogens with zero attached hydrogens (tertiary/aromatic N) is 2. The summed E-state index contributed by atoms with van der Waals surface area (Å²) >= 11 is 0. The number of hydrogen-bond donors (Lipinski definition) is 1. The van der Waals surface area contributed by atoms with Gasteiger partial charge in [0.2, 0.25) is 0 Å². The Morgan fingerprint density at radius 2 is 1.95 bits per heavy atom. The summed E-state index contributed by atoms with van der Waals surface area (Å²) in [6.07, 6.45) is 6.65. The monoisotopic (exact) mass is 266 g/mol. The Bertz CT molecular complexity index is 676. The number of rotatable bonds is 5. The second-order valence-corrected chi connectivity index (χ2v) is 5.13. The van der Waals surface area contributed by atoms with Gasteiger partial charge in [-0.25, -0.2) is 4.98 Å². The second kappa shape index (κ2) is 5.88. The molecule has 0 aliphatic rings. The topological polar surface area (TPSA) is 38.0 Å². The molecular formula is C17H18N2O. The van der Waals surface area contributed by atoms with Crippen LogP contribution >= 0.6 is 0 Å². The first-order chi connectivity index (χ1) is 9.81. The highest BCUT2D eigenvalue weighted by Crippen LogP contribution is 2.17. The van der Waals surface area contributed by atoms with E-state index in [0.29, 0.717) is 6.54 Å². The summed E-state index contributed by atoms with van der Waals surface area (Å²) in [7, 11) is 0. The fourth-order valence-corrected chi connectivity index (χ4v) is 2.46. The molecule has 0 aliphatic carbocycles. The van der Waals surface area contributed by atoms with Gasteiger partial charge in [-0.1, -0.05) is 42.5 Å². The van der Waals surface area contributed by atoms with Crippen LogP contribution in [-0.2, 0) is 13.0 Å². The summed E-state index contributed by atoms with van der Waals surface area (Å²) < 4.78 is 1.91. The molecule has 0 saturated carbocycles. The van der Waals surface area contributed by atoms with Gasteiger partial charge in [-0.3, -0.25) is 0 Å². The predicted octanol–water partition coefficient (Wildman–Crippen LogP) is 3.03. The minimum atomic E-state index is -0.337. The second-order valence-electron chi connectivity index (χ2n) is 5.13. The van der Waals surface area contributed by atoms with Crippen molar-refractivity contribution in [3.63, 3.8) is 0 Å². The van der Waals surface area contributed by atoms with E-state index in [1.807, 2.05) is 10.8 Å². The molecule has 1 N–H and O–H groups in total. The first-order valence-electron chi connectivity index (χ1n) is 6.93. The van der Waals surface area contributed by atoms with Crippen LogP contribution in [0, 0.1) is 0 Å². The van der Waals surface area contributed by atoms with Crippen LogP contribution in [0.4, 0.5) is 0 Å². The minimum absolute atomic E-state index is 0.337. The molecule has 2 aromatic carbocycles. The van der Waals surface area contributed by atoms with Gasteiger partial charge in [-0.2, -0.15) is 0 Å². The summed E-state index contributed by atoms with van der Waals surface area (Å²) in [5.41, 5.74) is 1.27. The zero-order valence-corrected chi connectivity index (χ0v) is 11.3. The van der Waals surface area contributed by atoms with Crippen LogP contribution in [0.3, 0.4) is 0 Å². The molecular weight excluding hydrogens is 248 g/mol. The standard InChI is InChI=1S/C17H18N2O/c20-17(12-19-10-9-18-13-19)8-6-14-5-7-15-3-1-2-4-16(15)11-14/h1-5,7,9-11,13,17,20H,6,8,12H2. The number of aliphatic hydroxyl groups excluding tert-OH is 1. The molecule has 0 saturated heterocycles. The zero-order chi connectivity index (χ0) is 13.8. The Morgan fingerprint density at radius 3 is 2.75 bits per heavy atom. The molecule has 102 valence electrons. The van der Waals surface area contributed by atoms with E-state index in [4.69, 9.17) is 0 Å². The quantitative estimate of drug-likeness (QED) is 0.771. The van der Waals surface area contributed by atoms with E-state index in [9.17, 15) is 5.11 Å². The number of fused-ring (bicyclic) bond motifs is 1. The molecule has 1 heterocycles. The molecule has 1 atom stereocenters. The van der Waals surface area contributed by atoms with Crippen LogP contribution in [0.5, 0.6) is 0 Å². The highest BCUT2D eigenvalue weighted by Gasteiger charge is 2.06. The molecule has 1 aromatic heterocycles. The molecule has 20 heavy (non-hydrogen) atoms. The number of imidazole rings is 1. The summed E-state index contributed by atoms with van der Waals surface area (Å²) in [5.74, 6) is 0.